The van der Waals surface area contributed by atoms with Gasteiger partial charge in [-0.25, -0.2) is 9.59 Å². The van der Waals surface area contributed by atoms with Gasteiger partial charge < -0.3 is 26.0 Å². The highest BCUT2D eigenvalue weighted by molar-refractivity contribution is 5.65. The van der Waals surface area contributed by atoms with Crippen LogP contribution in [0.25, 0.3) is 0 Å². The van der Waals surface area contributed by atoms with Gasteiger partial charge in [0.25, 0.3) is 0 Å². The van der Waals surface area contributed by atoms with E-state index in [1.807, 2.05) is 0 Å². The third-order valence-corrected chi connectivity index (χ3v) is 2.21. The number of carbonyl (C=O) groups excluding carboxylic acids is 2. The molecule has 0 unspecified atom stereocenters. The van der Waals surface area contributed by atoms with E-state index in [0.29, 0.717) is 16.7 Å². The quantitative estimate of drug-likeness (QED) is 0.681. The van der Waals surface area contributed by atoms with Crippen LogP contribution in [0.5, 0.6) is 0 Å². The Morgan fingerprint density at radius 3 is 1.77 bits per heavy atom. The number of amides is 2. The van der Waals surface area contributed by atoms with Crippen molar-refractivity contribution in [3.63, 3.8) is 0 Å². The molecule has 0 spiro atoms. The van der Waals surface area contributed by atoms with Gasteiger partial charge in [0.2, 0.25) is 0 Å². The number of benzene rings is 1. The molecule has 0 aliphatic heterocycles. The second-order valence-corrected chi connectivity index (χ2v) is 3.90. The first-order chi connectivity index (χ1) is 10.5. The first-order valence-corrected chi connectivity index (χ1v) is 6.08. The number of primary amides is 2. The maximum absolute atomic E-state index is 10.4. The summed E-state index contributed by atoms with van der Waals surface area (Å²) in [5.74, 6) is 10.7. The van der Waals surface area contributed by atoms with Crippen molar-refractivity contribution < 1.29 is 24.2 Å². The Balaban J connectivity index is 2.84. The number of ether oxygens (including phenoxy) is 2. The van der Waals surface area contributed by atoms with E-state index in [-0.39, 0.29) is 19.8 Å². The number of hydrogen-bond acceptors (Lipinski definition) is 5. The van der Waals surface area contributed by atoms with Crippen molar-refractivity contribution in [1.29, 1.82) is 0 Å². The van der Waals surface area contributed by atoms with E-state index < -0.39 is 12.2 Å². The molecule has 0 aromatic heterocycles. The molecule has 5 N–H and O–H groups in total. The molecular weight excluding hydrogens is 288 g/mol. The molecule has 0 heterocycles. The Hall–Kier alpha value is -3.16. The fourth-order valence-electron chi connectivity index (χ4n) is 1.42. The lowest BCUT2D eigenvalue weighted by Crippen LogP contribution is -2.12. The van der Waals surface area contributed by atoms with Gasteiger partial charge in [-0.05, 0) is 23.8 Å². The molecule has 22 heavy (non-hydrogen) atoms. The number of carbonyl (C=O) groups is 2. The fourth-order valence-corrected chi connectivity index (χ4v) is 1.42. The average molecular weight is 302 g/mol. The predicted octanol–water partition coefficient (Wildman–Crippen LogP) is 0.0725. The van der Waals surface area contributed by atoms with Crippen molar-refractivity contribution in [3.05, 3.63) is 34.9 Å². The summed E-state index contributed by atoms with van der Waals surface area (Å²) in [6.07, 6.45) is -1.81. The van der Waals surface area contributed by atoms with Crippen LogP contribution in [0.1, 0.15) is 16.7 Å². The monoisotopic (exact) mass is 302 g/mol. The highest BCUT2D eigenvalue weighted by Gasteiger charge is 1.97. The van der Waals surface area contributed by atoms with Crippen LogP contribution in [-0.4, -0.2) is 30.5 Å². The van der Waals surface area contributed by atoms with Gasteiger partial charge in [-0.2, -0.15) is 0 Å². The predicted molar refractivity (Wildman–Crippen MR) is 77.2 cm³/mol. The van der Waals surface area contributed by atoms with Crippen LogP contribution in [-0.2, 0) is 16.1 Å². The first kappa shape index (κ1) is 16.9. The normalized spacial score (nSPS) is 8.77. The van der Waals surface area contributed by atoms with E-state index in [4.69, 9.17) is 11.5 Å². The minimum absolute atomic E-state index is 0.133. The number of nitrogens with two attached hydrogens (primary N) is 2. The summed E-state index contributed by atoms with van der Waals surface area (Å²) < 4.78 is 8.96. The largest absolute Gasteiger partial charge is 0.437 e. The molecule has 1 rings (SSSR count). The van der Waals surface area contributed by atoms with Gasteiger partial charge in [-0.1, -0.05) is 23.7 Å². The molecule has 0 atom stereocenters. The summed E-state index contributed by atoms with van der Waals surface area (Å²) in [6.45, 7) is -0.446. The molecular formula is C15H14N2O5. The minimum atomic E-state index is -0.903. The van der Waals surface area contributed by atoms with Crippen molar-refractivity contribution in [2.45, 2.75) is 6.61 Å². The van der Waals surface area contributed by atoms with Crippen molar-refractivity contribution in [2.75, 3.05) is 13.2 Å². The molecule has 0 radical (unpaired) electrons. The minimum Gasteiger partial charge on any atom is -0.437 e. The van der Waals surface area contributed by atoms with E-state index in [1.54, 1.807) is 18.2 Å². The Bertz CT molecular complexity index is 622. The number of aliphatic hydroxyl groups is 1. The standard InChI is InChI=1S/C15H14N2O5/c16-14(19)21-5-1-3-11-7-12(9-13(8-11)10-18)4-2-6-22-15(17)20/h7-9,18H,5-6,10H2,(H2,16,19)(H2,17,20). The van der Waals surface area contributed by atoms with E-state index in [2.05, 4.69) is 33.2 Å². The van der Waals surface area contributed by atoms with Gasteiger partial charge >= 0.3 is 12.2 Å². The first-order valence-electron chi connectivity index (χ1n) is 6.08. The van der Waals surface area contributed by atoms with E-state index in [0.717, 1.165) is 0 Å². The average Bonchev–Trinajstić information content (AvgIpc) is 2.47. The van der Waals surface area contributed by atoms with Crippen LogP contribution < -0.4 is 11.5 Å². The molecule has 0 aliphatic rings. The summed E-state index contributed by atoms with van der Waals surface area (Å²) in [4.78, 5) is 20.8. The molecule has 1 aromatic carbocycles. The van der Waals surface area contributed by atoms with Crippen LogP contribution in [0.3, 0.4) is 0 Å². The van der Waals surface area contributed by atoms with Crippen LogP contribution >= 0.6 is 0 Å². The van der Waals surface area contributed by atoms with Crippen molar-refractivity contribution in [3.8, 4) is 23.7 Å². The van der Waals surface area contributed by atoms with E-state index in [9.17, 15) is 14.7 Å². The highest BCUT2D eigenvalue weighted by Crippen LogP contribution is 2.09. The Kier molecular flexibility index (Phi) is 6.84. The molecule has 0 saturated carbocycles. The lowest BCUT2D eigenvalue weighted by atomic mass is 10.1. The molecule has 114 valence electrons. The SMILES string of the molecule is NC(=O)OCC#Cc1cc(C#CCOC(N)=O)cc(CO)c1. The molecule has 7 nitrogen and oxygen atoms in total. The summed E-state index contributed by atoms with van der Waals surface area (Å²) >= 11 is 0. The molecule has 1 aromatic rings. The maximum atomic E-state index is 10.4. The van der Waals surface area contributed by atoms with Gasteiger partial charge in [0, 0.05) is 11.1 Å². The van der Waals surface area contributed by atoms with Gasteiger partial charge in [-0.3, -0.25) is 0 Å². The lowest BCUT2D eigenvalue weighted by Gasteiger charge is -2.00. The molecule has 0 fully saturated rings. The van der Waals surface area contributed by atoms with Crippen molar-refractivity contribution >= 4 is 12.2 Å². The van der Waals surface area contributed by atoms with Gasteiger partial charge in [0.05, 0.1) is 6.61 Å². The van der Waals surface area contributed by atoms with Crippen LogP contribution in [0.2, 0.25) is 0 Å². The molecule has 7 heteroatoms. The number of aliphatic hydroxyl groups excluding tert-OH is 1. The number of rotatable bonds is 3. The van der Waals surface area contributed by atoms with Crippen molar-refractivity contribution in [1.82, 2.24) is 0 Å². The molecule has 0 aliphatic carbocycles. The van der Waals surface area contributed by atoms with Crippen LogP contribution in [0.15, 0.2) is 18.2 Å². The summed E-state index contributed by atoms with van der Waals surface area (Å²) in [5, 5.41) is 9.21. The third-order valence-electron chi connectivity index (χ3n) is 2.21. The summed E-state index contributed by atoms with van der Waals surface area (Å²) in [6, 6.07) is 5.01. The second-order valence-electron chi connectivity index (χ2n) is 3.90. The highest BCUT2D eigenvalue weighted by atomic mass is 16.5. The van der Waals surface area contributed by atoms with Crippen LogP contribution in [0, 0.1) is 23.7 Å². The van der Waals surface area contributed by atoms with Gasteiger partial charge in [-0.15, -0.1) is 0 Å². The van der Waals surface area contributed by atoms with E-state index >= 15 is 0 Å². The molecule has 0 bridgehead atoms. The maximum Gasteiger partial charge on any atom is 0.405 e. The summed E-state index contributed by atoms with van der Waals surface area (Å²) in [7, 11) is 0. The molecule has 2 amide bonds. The third kappa shape index (κ3) is 6.85. The topological polar surface area (TPSA) is 125 Å². The zero-order valence-electron chi connectivity index (χ0n) is 11.6. The van der Waals surface area contributed by atoms with Gasteiger partial charge in [0.1, 0.15) is 0 Å². The molecule has 0 saturated heterocycles. The zero-order chi connectivity index (χ0) is 16.4. The zero-order valence-corrected chi connectivity index (χ0v) is 11.6. The fraction of sp³-hybridized carbons (Fsp3) is 0.200. The number of hydrogen-bond donors (Lipinski definition) is 3. The Morgan fingerprint density at radius 1 is 0.955 bits per heavy atom. The Labute approximate surface area is 127 Å². The van der Waals surface area contributed by atoms with E-state index in [1.165, 1.54) is 0 Å². The van der Waals surface area contributed by atoms with Crippen LogP contribution in [0.4, 0.5) is 9.59 Å². The Morgan fingerprint density at radius 2 is 1.41 bits per heavy atom. The summed E-state index contributed by atoms with van der Waals surface area (Å²) in [5.41, 5.74) is 11.4. The smallest absolute Gasteiger partial charge is 0.405 e. The lowest BCUT2D eigenvalue weighted by molar-refractivity contribution is 0.170. The van der Waals surface area contributed by atoms with Gasteiger partial charge in [0.15, 0.2) is 13.2 Å². The van der Waals surface area contributed by atoms with Crippen molar-refractivity contribution in [2.24, 2.45) is 11.5 Å². The second kappa shape index (κ2) is 8.90.